The lowest BCUT2D eigenvalue weighted by atomic mass is 10.1. The SMILES string of the molecule is CCC(CNCCc1c[nH]c2ccccc12)C(=O)O. The van der Waals surface area contributed by atoms with Crippen molar-refractivity contribution in [2.45, 2.75) is 19.8 Å². The number of benzene rings is 1. The normalized spacial score (nSPS) is 12.7. The number of fused-ring (bicyclic) bond motifs is 1. The van der Waals surface area contributed by atoms with Crippen molar-refractivity contribution >= 4 is 16.9 Å². The minimum absolute atomic E-state index is 0.289. The van der Waals surface area contributed by atoms with Gasteiger partial charge in [0.2, 0.25) is 0 Å². The number of H-pyrrole nitrogens is 1. The van der Waals surface area contributed by atoms with Gasteiger partial charge in [-0.15, -0.1) is 0 Å². The molecule has 19 heavy (non-hydrogen) atoms. The molecular formula is C15H20N2O2. The molecule has 0 spiro atoms. The second kappa shape index (κ2) is 6.38. The summed E-state index contributed by atoms with van der Waals surface area (Å²) in [7, 11) is 0. The van der Waals surface area contributed by atoms with E-state index >= 15 is 0 Å². The van der Waals surface area contributed by atoms with Crippen molar-refractivity contribution in [2.75, 3.05) is 13.1 Å². The highest BCUT2D eigenvalue weighted by Crippen LogP contribution is 2.17. The Balaban J connectivity index is 1.84. The summed E-state index contributed by atoms with van der Waals surface area (Å²) in [4.78, 5) is 14.1. The first-order chi connectivity index (χ1) is 9.22. The zero-order valence-corrected chi connectivity index (χ0v) is 11.1. The molecule has 0 aliphatic heterocycles. The molecular weight excluding hydrogens is 240 g/mol. The van der Waals surface area contributed by atoms with E-state index in [0.29, 0.717) is 13.0 Å². The third-order valence-corrected chi connectivity index (χ3v) is 3.48. The molecule has 4 nitrogen and oxygen atoms in total. The Labute approximate surface area is 112 Å². The van der Waals surface area contributed by atoms with E-state index in [2.05, 4.69) is 22.4 Å². The molecule has 0 saturated carbocycles. The zero-order valence-electron chi connectivity index (χ0n) is 11.1. The van der Waals surface area contributed by atoms with Crippen LogP contribution in [0, 0.1) is 5.92 Å². The Morgan fingerprint density at radius 1 is 1.42 bits per heavy atom. The van der Waals surface area contributed by atoms with Gasteiger partial charge in [0, 0.05) is 23.6 Å². The average Bonchev–Trinajstić information content (AvgIpc) is 2.82. The van der Waals surface area contributed by atoms with E-state index < -0.39 is 5.97 Å². The van der Waals surface area contributed by atoms with E-state index in [9.17, 15) is 4.79 Å². The number of carboxylic acids is 1. The van der Waals surface area contributed by atoms with Gasteiger partial charge < -0.3 is 15.4 Å². The number of aromatic nitrogens is 1. The Kier molecular flexibility index (Phi) is 4.58. The Bertz CT molecular complexity index is 548. The van der Waals surface area contributed by atoms with Crippen LogP contribution < -0.4 is 5.32 Å². The van der Waals surface area contributed by atoms with Gasteiger partial charge in [-0.2, -0.15) is 0 Å². The third-order valence-electron chi connectivity index (χ3n) is 3.48. The number of rotatable bonds is 7. The van der Waals surface area contributed by atoms with Gasteiger partial charge in [0.25, 0.3) is 0 Å². The van der Waals surface area contributed by atoms with Crippen LogP contribution in [-0.2, 0) is 11.2 Å². The highest BCUT2D eigenvalue weighted by Gasteiger charge is 2.13. The fraction of sp³-hybridized carbons (Fsp3) is 0.400. The van der Waals surface area contributed by atoms with Crippen LogP contribution in [0.3, 0.4) is 0 Å². The topological polar surface area (TPSA) is 65.1 Å². The van der Waals surface area contributed by atoms with Gasteiger partial charge in [-0.05, 0) is 31.0 Å². The standard InChI is InChI=1S/C15H20N2O2/c1-2-11(15(18)19)9-16-8-7-12-10-17-14-6-4-3-5-13(12)14/h3-6,10-11,16-17H,2,7-9H2,1H3,(H,18,19). The molecule has 1 atom stereocenters. The number of carboxylic acid groups (broad SMARTS) is 1. The molecule has 0 radical (unpaired) electrons. The van der Waals surface area contributed by atoms with Crippen LogP contribution in [0.2, 0.25) is 0 Å². The number of nitrogens with one attached hydrogen (secondary N) is 2. The molecule has 1 aromatic carbocycles. The van der Waals surface area contributed by atoms with E-state index in [-0.39, 0.29) is 5.92 Å². The van der Waals surface area contributed by atoms with Crippen LogP contribution in [0.1, 0.15) is 18.9 Å². The summed E-state index contributed by atoms with van der Waals surface area (Å²) in [6.45, 7) is 3.24. The molecule has 1 aromatic heterocycles. The largest absolute Gasteiger partial charge is 0.481 e. The third kappa shape index (κ3) is 3.35. The number of para-hydroxylation sites is 1. The number of aromatic amines is 1. The van der Waals surface area contributed by atoms with Crippen molar-refractivity contribution in [2.24, 2.45) is 5.92 Å². The zero-order chi connectivity index (χ0) is 13.7. The lowest BCUT2D eigenvalue weighted by Gasteiger charge is -2.10. The molecule has 2 rings (SSSR count). The van der Waals surface area contributed by atoms with Gasteiger partial charge in [0.1, 0.15) is 0 Å². The monoisotopic (exact) mass is 260 g/mol. The number of hydrogen-bond acceptors (Lipinski definition) is 2. The van der Waals surface area contributed by atoms with Crippen LogP contribution in [0.25, 0.3) is 10.9 Å². The smallest absolute Gasteiger partial charge is 0.307 e. The summed E-state index contributed by atoms with van der Waals surface area (Å²) in [5.41, 5.74) is 2.42. The first-order valence-electron chi connectivity index (χ1n) is 6.71. The van der Waals surface area contributed by atoms with Crippen molar-refractivity contribution in [3.63, 3.8) is 0 Å². The predicted octanol–water partition coefficient (Wildman–Crippen LogP) is 2.41. The van der Waals surface area contributed by atoms with Gasteiger partial charge in [-0.1, -0.05) is 25.1 Å². The lowest BCUT2D eigenvalue weighted by Crippen LogP contribution is -2.29. The van der Waals surface area contributed by atoms with Gasteiger partial charge in [-0.25, -0.2) is 0 Å². The molecule has 0 aliphatic rings. The molecule has 4 heteroatoms. The molecule has 0 saturated heterocycles. The van der Waals surface area contributed by atoms with E-state index in [0.717, 1.165) is 18.5 Å². The van der Waals surface area contributed by atoms with E-state index in [1.165, 1.54) is 10.9 Å². The van der Waals surface area contributed by atoms with Crippen molar-refractivity contribution in [1.29, 1.82) is 0 Å². The second-order valence-corrected chi connectivity index (χ2v) is 4.76. The summed E-state index contributed by atoms with van der Waals surface area (Å²) < 4.78 is 0. The molecule has 0 aliphatic carbocycles. The maximum Gasteiger partial charge on any atom is 0.307 e. The highest BCUT2D eigenvalue weighted by molar-refractivity contribution is 5.83. The van der Waals surface area contributed by atoms with Crippen LogP contribution >= 0.6 is 0 Å². The van der Waals surface area contributed by atoms with Crippen molar-refractivity contribution in [3.8, 4) is 0 Å². The first kappa shape index (κ1) is 13.6. The Morgan fingerprint density at radius 3 is 2.95 bits per heavy atom. The van der Waals surface area contributed by atoms with Gasteiger partial charge >= 0.3 is 5.97 Å². The molecule has 0 fully saturated rings. The molecule has 3 N–H and O–H groups in total. The minimum atomic E-state index is -0.720. The lowest BCUT2D eigenvalue weighted by molar-refractivity contribution is -0.141. The number of hydrogen-bond donors (Lipinski definition) is 3. The van der Waals surface area contributed by atoms with E-state index in [1.54, 1.807) is 0 Å². The predicted molar refractivity (Wildman–Crippen MR) is 76.3 cm³/mol. The fourth-order valence-electron chi connectivity index (χ4n) is 2.24. The van der Waals surface area contributed by atoms with Crippen LogP contribution in [0.5, 0.6) is 0 Å². The molecule has 102 valence electrons. The maximum absolute atomic E-state index is 10.9. The van der Waals surface area contributed by atoms with E-state index in [1.807, 2.05) is 25.3 Å². The molecule has 0 amide bonds. The maximum atomic E-state index is 10.9. The van der Waals surface area contributed by atoms with Gasteiger partial charge in [-0.3, -0.25) is 4.79 Å². The van der Waals surface area contributed by atoms with E-state index in [4.69, 9.17) is 5.11 Å². The summed E-state index contributed by atoms with van der Waals surface area (Å²) in [6.07, 6.45) is 3.59. The van der Waals surface area contributed by atoms with Crippen molar-refractivity contribution in [1.82, 2.24) is 10.3 Å². The van der Waals surface area contributed by atoms with Crippen LogP contribution in [0.15, 0.2) is 30.5 Å². The molecule has 1 heterocycles. The number of aliphatic carboxylic acids is 1. The van der Waals surface area contributed by atoms with Crippen molar-refractivity contribution < 1.29 is 9.90 Å². The van der Waals surface area contributed by atoms with Crippen LogP contribution in [0.4, 0.5) is 0 Å². The van der Waals surface area contributed by atoms with Crippen LogP contribution in [-0.4, -0.2) is 29.1 Å². The Hall–Kier alpha value is -1.81. The molecule has 1 unspecified atom stereocenters. The first-order valence-corrected chi connectivity index (χ1v) is 6.71. The summed E-state index contributed by atoms with van der Waals surface area (Å²) in [5, 5.41) is 13.4. The fourth-order valence-corrected chi connectivity index (χ4v) is 2.24. The molecule has 0 bridgehead atoms. The molecule has 2 aromatic rings. The van der Waals surface area contributed by atoms with Gasteiger partial charge in [0.15, 0.2) is 0 Å². The summed E-state index contributed by atoms with van der Waals surface area (Å²) in [6, 6.07) is 8.21. The average molecular weight is 260 g/mol. The van der Waals surface area contributed by atoms with Crippen molar-refractivity contribution in [3.05, 3.63) is 36.0 Å². The highest BCUT2D eigenvalue weighted by atomic mass is 16.4. The second-order valence-electron chi connectivity index (χ2n) is 4.76. The Morgan fingerprint density at radius 2 is 2.21 bits per heavy atom. The summed E-state index contributed by atoms with van der Waals surface area (Å²) in [5.74, 6) is -1.01. The van der Waals surface area contributed by atoms with Gasteiger partial charge in [0.05, 0.1) is 5.92 Å². The quantitative estimate of drug-likeness (QED) is 0.670. The number of carbonyl (C=O) groups is 1. The summed E-state index contributed by atoms with van der Waals surface area (Å²) >= 11 is 0. The minimum Gasteiger partial charge on any atom is -0.481 e.